The second-order valence-corrected chi connectivity index (χ2v) is 4.64. The minimum Gasteiger partial charge on any atom is -0.258 e. The van der Waals surface area contributed by atoms with Crippen LogP contribution in [0.25, 0.3) is 0 Å². The number of nitrogens with zero attached hydrogens (tertiary/aromatic N) is 1. The standard InChI is InChI=1S/C9H7FN2O4S/c1-2-5-11-17(15,16)9-4-3-7(12(13)14)6-8(9)10/h1,3-4,6,11H,5H2. The number of non-ortho nitro benzene ring substituents is 1. The fourth-order valence-electron chi connectivity index (χ4n) is 1.04. The third-order valence-corrected chi connectivity index (χ3v) is 3.21. The minimum absolute atomic E-state index is 0.293. The van der Waals surface area contributed by atoms with Crippen LogP contribution in [-0.2, 0) is 10.0 Å². The van der Waals surface area contributed by atoms with Crippen molar-refractivity contribution in [2.75, 3.05) is 6.54 Å². The molecular formula is C9H7FN2O4S. The third-order valence-electron chi connectivity index (χ3n) is 1.78. The molecule has 0 amide bonds. The summed E-state index contributed by atoms with van der Waals surface area (Å²) < 4.78 is 38.3. The molecule has 0 atom stereocenters. The molecule has 1 aromatic rings. The lowest BCUT2D eigenvalue weighted by Crippen LogP contribution is -2.24. The number of nitro benzene ring substituents is 1. The zero-order valence-corrected chi connectivity index (χ0v) is 9.20. The average Bonchev–Trinajstić information content (AvgIpc) is 2.25. The van der Waals surface area contributed by atoms with Gasteiger partial charge in [0, 0.05) is 6.07 Å². The van der Waals surface area contributed by atoms with E-state index >= 15 is 0 Å². The van der Waals surface area contributed by atoms with E-state index in [2.05, 4.69) is 0 Å². The molecule has 0 aromatic heterocycles. The van der Waals surface area contributed by atoms with E-state index in [1.54, 1.807) is 0 Å². The number of hydrogen-bond donors (Lipinski definition) is 1. The van der Waals surface area contributed by atoms with E-state index < -0.39 is 31.3 Å². The smallest absolute Gasteiger partial charge is 0.258 e. The van der Waals surface area contributed by atoms with Crippen molar-refractivity contribution in [3.63, 3.8) is 0 Å². The molecule has 1 N–H and O–H groups in total. The maximum absolute atomic E-state index is 13.4. The summed E-state index contributed by atoms with van der Waals surface area (Å²) in [5.41, 5.74) is -0.529. The Kier molecular flexibility index (Phi) is 3.77. The summed E-state index contributed by atoms with van der Waals surface area (Å²) in [5, 5.41) is 10.3. The maximum atomic E-state index is 13.4. The lowest BCUT2D eigenvalue weighted by Gasteiger charge is -2.04. The normalized spacial score (nSPS) is 10.8. The van der Waals surface area contributed by atoms with E-state index in [1.807, 2.05) is 10.6 Å². The van der Waals surface area contributed by atoms with Gasteiger partial charge in [-0.15, -0.1) is 6.42 Å². The van der Waals surface area contributed by atoms with Crippen LogP contribution in [0.15, 0.2) is 23.1 Å². The Bertz CT molecular complexity index is 592. The molecule has 90 valence electrons. The summed E-state index contributed by atoms with van der Waals surface area (Å²) in [5.74, 6) is 0.817. The molecule has 0 saturated carbocycles. The van der Waals surface area contributed by atoms with E-state index in [4.69, 9.17) is 6.42 Å². The molecule has 0 spiro atoms. The predicted molar refractivity (Wildman–Crippen MR) is 57.1 cm³/mol. The van der Waals surface area contributed by atoms with Crippen LogP contribution >= 0.6 is 0 Å². The molecule has 8 heteroatoms. The maximum Gasteiger partial charge on any atom is 0.272 e. The first-order valence-corrected chi connectivity index (χ1v) is 5.74. The zero-order valence-electron chi connectivity index (χ0n) is 8.38. The van der Waals surface area contributed by atoms with Gasteiger partial charge in [0.1, 0.15) is 10.7 Å². The SMILES string of the molecule is C#CCNS(=O)(=O)c1ccc([N+](=O)[O-])cc1F. The topological polar surface area (TPSA) is 89.3 Å². The largest absolute Gasteiger partial charge is 0.272 e. The number of nitro groups is 1. The quantitative estimate of drug-likeness (QED) is 0.487. The highest BCUT2D eigenvalue weighted by atomic mass is 32.2. The van der Waals surface area contributed by atoms with Gasteiger partial charge in [-0.3, -0.25) is 10.1 Å². The molecule has 17 heavy (non-hydrogen) atoms. The summed E-state index contributed by atoms with van der Waals surface area (Å²) in [6.45, 7) is -0.293. The molecule has 1 aromatic carbocycles. The van der Waals surface area contributed by atoms with Gasteiger partial charge in [0.2, 0.25) is 10.0 Å². The van der Waals surface area contributed by atoms with Crippen LogP contribution in [0.1, 0.15) is 0 Å². The second-order valence-electron chi connectivity index (χ2n) is 2.90. The van der Waals surface area contributed by atoms with Crippen molar-refractivity contribution < 1.29 is 17.7 Å². The van der Waals surface area contributed by atoms with Crippen molar-refractivity contribution in [3.05, 3.63) is 34.1 Å². The molecule has 0 heterocycles. The number of nitrogens with one attached hydrogen (secondary N) is 1. The van der Waals surface area contributed by atoms with E-state index in [9.17, 15) is 22.9 Å². The fourth-order valence-corrected chi connectivity index (χ4v) is 2.03. The first-order valence-electron chi connectivity index (χ1n) is 4.25. The highest BCUT2D eigenvalue weighted by molar-refractivity contribution is 7.89. The summed E-state index contributed by atoms with van der Waals surface area (Å²) >= 11 is 0. The molecule has 0 aliphatic rings. The number of terminal acetylenes is 1. The molecule has 6 nitrogen and oxygen atoms in total. The van der Waals surface area contributed by atoms with Crippen LogP contribution in [0.2, 0.25) is 0 Å². The lowest BCUT2D eigenvalue weighted by molar-refractivity contribution is -0.385. The molecule has 0 aliphatic heterocycles. The van der Waals surface area contributed by atoms with E-state index in [0.29, 0.717) is 6.07 Å². The number of halogens is 1. The van der Waals surface area contributed by atoms with Gasteiger partial charge in [0.25, 0.3) is 5.69 Å². The van der Waals surface area contributed by atoms with Gasteiger partial charge in [-0.25, -0.2) is 12.8 Å². The predicted octanol–water partition coefficient (Wildman–Crippen LogP) is 0.645. The monoisotopic (exact) mass is 258 g/mol. The van der Waals surface area contributed by atoms with Gasteiger partial charge in [-0.05, 0) is 6.07 Å². The zero-order chi connectivity index (χ0) is 13.1. The lowest BCUT2D eigenvalue weighted by atomic mass is 10.3. The molecule has 1 rings (SSSR count). The molecule has 0 aliphatic carbocycles. The van der Waals surface area contributed by atoms with Crippen LogP contribution in [0, 0.1) is 28.3 Å². The van der Waals surface area contributed by atoms with Crippen LogP contribution < -0.4 is 4.72 Å². The van der Waals surface area contributed by atoms with Crippen molar-refractivity contribution in [3.8, 4) is 12.3 Å². The first-order chi connectivity index (χ1) is 7.88. The van der Waals surface area contributed by atoms with Crippen LogP contribution in [0.4, 0.5) is 10.1 Å². The summed E-state index contributed by atoms with van der Waals surface area (Å²) in [6, 6.07) is 2.24. The van der Waals surface area contributed by atoms with Gasteiger partial charge in [-0.2, -0.15) is 4.72 Å². The number of rotatable bonds is 4. The van der Waals surface area contributed by atoms with Crippen LogP contribution in [0.3, 0.4) is 0 Å². The van der Waals surface area contributed by atoms with Gasteiger partial charge >= 0.3 is 0 Å². The van der Waals surface area contributed by atoms with Crippen molar-refractivity contribution in [2.45, 2.75) is 4.90 Å². The molecule has 0 unspecified atom stereocenters. The highest BCUT2D eigenvalue weighted by Gasteiger charge is 2.20. The summed E-state index contributed by atoms with van der Waals surface area (Å²) in [6.07, 6.45) is 4.86. The van der Waals surface area contributed by atoms with Crippen molar-refractivity contribution in [1.82, 2.24) is 4.72 Å². The number of hydrogen-bond acceptors (Lipinski definition) is 4. The van der Waals surface area contributed by atoms with Crippen molar-refractivity contribution in [2.24, 2.45) is 0 Å². The molecule has 0 radical (unpaired) electrons. The van der Waals surface area contributed by atoms with Crippen LogP contribution in [0.5, 0.6) is 0 Å². The Morgan fingerprint density at radius 3 is 2.65 bits per heavy atom. The van der Waals surface area contributed by atoms with Gasteiger partial charge in [0.05, 0.1) is 17.5 Å². The van der Waals surface area contributed by atoms with Gasteiger partial charge in [0.15, 0.2) is 0 Å². The van der Waals surface area contributed by atoms with Gasteiger partial charge < -0.3 is 0 Å². The Morgan fingerprint density at radius 1 is 1.53 bits per heavy atom. The fraction of sp³-hybridized carbons (Fsp3) is 0.111. The Morgan fingerprint density at radius 2 is 2.18 bits per heavy atom. The highest BCUT2D eigenvalue weighted by Crippen LogP contribution is 2.19. The Hall–Kier alpha value is -1.98. The molecule has 0 saturated heterocycles. The molecule has 0 fully saturated rings. The molecular weight excluding hydrogens is 251 g/mol. The first kappa shape index (κ1) is 13.1. The van der Waals surface area contributed by atoms with E-state index in [0.717, 1.165) is 12.1 Å². The second kappa shape index (κ2) is 4.90. The number of sulfonamides is 1. The third kappa shape index (κ3) is 2.99. The van der Waals surface area contributed by atoms with Crippen molar-refractivity contribution >= 4 is 15.7 Å². The van der Waals surface area contributed by atoms with Crippen molar-refractivity contribution in [1.29, 1.82) is 0 Å². The Balaban J connectivity index is 3.17. The molecule has 0 bridgehead atoms. The van der Waals surface area contributed by atoms with E-state index in [1.165, 1.54) is 0 Å². The minimum atomic E-state index is -4.09. The Labute approximate surface area is 96.7 Å². The average molecular weight is 258 g/mol. The van der Waals surface area contributed by atoms with Gasteiger partial charge in [-0.1, -0.05) is 5.92 Å². The summed E-state index contributed by atoms with van der Waals surface area (Å²) in [4.78, 5) is 8.83. The van der Waals surface area contributed by atoms with Crippen LogP contribution in [-0.4, -0.2) is 19.9 Å². The van der Waals surface area contributed by atoms with E-state index in [-0.39, 0.29) is 6.54 Å². The summed E-state index contributed by atoms with van der Waals surface area (Å²) in [7, 11) is -4.09. The number of benzene rings is 1.